The van der Waals surface area contributed by atoms with Crippen LogP contribution in [0, 0.1) is 0 Å². The lowest BCUT2D eigenvalue weighted by Crippen LogP contribution is -2.28. The van der Waals surface area contributed by atoms with Crippen LogP contribution in [0.15, 0.2) is 24.3 Å². The minimum atomic E-state index is 0.392. The number of nitrogens with zero attached hydrogens (tertiary/aromatic N) is 1. The lowest BCUT2D eigenvalue weighted by atomic mass is 10.2. The van der Waals surface area contributed by atoms with E-state index < -0.39 is 0 Å². The van der Waals surface area contributed by atoms with E-state index in [1.54, 1.807) is 0 Å². The zero-order valence-electron chi connectivity index (χ0n) is 11.5. The van der Waals surface area contributed by atoms with Crippen LogP contribution < -0.4 is 10.5 Å². The predicted molar refractivity (Wildman–Crippen MR) is 82.7 cm³/mol. The van der Waals surface area contributed by atoms with Crippen LogP contribution in [-0.4, -0.2) is 35.6 Å². The van der Waals surface area contributed by atoms with Gasteiger partial charge in [0.2, 0.25) is 0 Å². The summed E-state index contributed by atoms with van der Waals surface area (Å²) in [6.45, 7) is 5.35. The van der Waals surface area contributed by atoms with Gasteiger partial charge in [-0.25, -0.2) is 0 Å². The Bertz CT molecular complexity index is 436. The summed E-state index contributed by atoms with van der Waals surface area (Å²) in [5.41, 5.74) is 6.51. The zero-order valence-corrected chi connectivity index (χ0v) is 12.3. The second-order valence-corrected chi connectivity index (χ2v) is 5.53. The Morgan fingerprint density at radius 2 is 2.26 bits per heavy atom. The molecular weight excluding hydrogens is 256 g/mol. The van der Waals surface area contributed by atoms with Crippen LogP contribution in [0.2, 0.25) is 0 Å². The van der Waals surface area contributed by atoms with Gasteiger partial charge in [0, 0.05) is 12.6 Å². The highest BCUT2D eigenvalue weighted by molar-refractivity contribution is 7.80. The number of nitrogens with two attached hydrogens (primary N) is 1. The van der Waals surface area contributed by atoms with E-state index in [4.69, 9.17) is 22.7 Å². The van der Waals surface area contributed by atoms with Crippen molar-refractivity contribution in [3.8, 4) is 5.75 Å². The first kappa shape index (κ1) is 14.3. The Balaban J connectivity index is 1.78. The fourth-order valence-electron chi connectivity index (χ4n) is 2.57. The highest BCUT2D eigenvalue weighted by Crippen LogP contribution is 2.19. The van der Waals surface area contributed by atoms with Gasteiger partial charge >= 0.3 is 0 Å². The average molecular weight is 278 g/mol. The van der Waals surface area contributed by atoms with Crippen LogP contribution in [0.4, 0.5) is 0 Å². The van der Waals surface area contributed by atoms with E-state index in [1.165, 1.54) is 19.4 Å². The summed E-state index contributed by atoms with van der Waals surface area (Å²) in [7, 11) is 0. The number of para-hydroxylation sites is 1. The van der Waals surface area contributed by atoms with Gasteiger partial charge < -0.3 is 15.4 Å². The van der Waals surface area contributed by atoms with Crippen LogP contribution in [0.25, 0.3) is 0 Å². The highest BCUT2D eigenvalue weighted by Gasteiger charge is 2.19. The Hall–Kier alpha value is -1.13. The van der Waals surface area contributed by atoms with Crippen LogP contribution in [0.5, 0.6) is 5.75 Å². The molecule has 104 valence electrons. The zero-order chi connectivity index (χ0) is 13.7. The lowest BCUT2D eigenvalue weighted by molar-refractivity contribution is 0.230. The number of thiocarbonyl (C=S) groups is 1. The van der Waals surface area contributed by atoms with Gasteiger partial charge in [-0.2, -0.15) is 0 Å². The number of likely N-dealkylation sites (tertiary alicyclic amines) is 1. The predicted octanol–water partition coefficient (Wildman–Crippen LogP) is 2.57. The Morgan fingerprint density at radius 1 is 1.47 bits per heavy atom. The molecule has 1 aliphatic rings. The molecule has 1 unspecified atom stereocenters. The maximum atomic E-state index is 5.80. The molecule has 0 radical (unpaired) electrons. The lowest BCUT2D eigenvalue weighted by Gasteiger charge is -2.20. The summed E-state index contributed by atoms with van der Waals surface area (Å²) in [4.78, 5) is 2.92. The van der Waals surface area contributed by atoms with Gasteiger partial charge in [0.05, 0.1) is 12.2 Å². The first-order valence-corrected chi connectivity index (χ1v) is 7.35. The molecule has 4 heteroatoms. The topological polar surface area (TPSA) is 38.5 Å². The quantitative estimate of drug-likeness (QED) is 0.641. The second kappa shape index (κ2) is 6.87. The molecule has 1 heterocycles. The fraction of sp³-hybridized carbons (Fsp3) is 0.533. The smallest absolute Gasteiger partial charge is 0.129 e. The minimum absolute atomic E-state index is 0.392. The summed E-state index contributed by atoms with van der Waals surface area (Å²) in [5, 5.41) is 0. The molecule has 0 amide bonds. The number of hydrogen-bond donors (Lipinski definition) is 1. The second-order valence-electron chi connectivity index (χ2n) is 5.09. The van der Waals surface area contributed by atoms with Crippen LogP contribution in [0.1, 0.15) is 31.7 Å². The monoisotopic (exact) mass is 278 g/mol. The Morgan fingerprint density at radius 3 is 2.95 bits per heavy atom. The van der Waals surface area contributed by atoms with Crippen molar-refractivity contribution in [2.45, 2.75) is 32.2 Å². The molecule has 0 saturated carbocycles. The van der Waals surface area contributed by atoms with Gasteiger partial charge in [0.1, 0.15) is 10.7 Å². The number of benzene rings is 1. The fourth-order valence-corrected chi connectivity index (χ4v) is 2.74. The summed E-state index contributed by atoms with van der Waals surface area (Å²) >= 11 is 5.02. The van der Waals surface area contributed by atoms with Crippen molar-refractivity contribution in [3.63, 3.8) is 0 Å². The largest absolute Gasteiger partial charge is 0.493 e. The molecule has 2 N–H and O–H groups in total. The molecular formula is C15H22N2OS. The number of hydrogen-bond acceptors (Lipinski definition) is 3. The molecule has 2 rings (SSSR count). The molecule has 1 aliphatic heterocycles. The van der Waals surface area contributed by atoms with Gasteiger partial charge in [-0.15, -0.1) is 0 Å². The molecule has 0 bridgehead atoms. The molecule has 1 atom stereocenters. The van der Waals surface area contributed by atoms with Gasteiger partial charge in [-0.1, -0.05) is 24.4 Å². The van der Waals surface area contributed by atoms with E-state index in [-0.39, 0.29) is 0 Å². The molecule has 1 aromatic rings. The SMILES string of the molecule is CC1CCCN1CCCOc1ccccc1C(N)=S. The van der Waals surface area contributed by atoms with E-state index in [2.05, 4.69) is 11.8 Å². The first-order valence-electron chi connectivity index (χ1n) is 6.94. The summed E-state index contributed by atoms with van der Waals surface area (Å²) in [5.74, 6) is 0.796. The normalized spacial score (nSPS) is 19.5. The minimum Gasteiger partial charge on any atom is -0.493 e. The molecule has 3 nitrogen and oxygen atoms in total. The maximum absolute atomic E-state index is 5.80. The van der Waals surface area contributed by atoms with E-state index in [1.807, 2.05) is 24.3 Å². The van der Waals surface area contributed by atoms with Crippen molar-refractivity contribution in [2.75, 3.05) is 19.7 Å². The van der Waals surface area contributed by atoms with E-state index in [0.29, 0.717) is 11.6 Å². The molecule has 0 aliphatic carbocycles. The number of ether oxygens (including phenoxy) is 1. The van der Waals surface area contributed by atoms with Crippen molar-refractivity contribution in [3.05, 3.63) is 29.8 Å². The molecule has 1 saturated heterocycles. The van der Waals surface area contributed by atoms with Gasteiger partial charge in [0.25, 0.3) is 0 Å². The summed E-state index contributed by atoms with van der Waals surface area (Å²) in [6.07, 6.45) is 3.69. The van der Waals surface area contributed by atoms with Gasteiger partial charge in [0.15, 0.2) is 0 Å². The molecule has 1 aromatic carbocycles. The maximum Gasteiger partial charge on any atom is 0.129 e. The third-order valence-corrected chi connectivity index (χ3v) is 3.91. The van der Waals surface area contributed by atoms with E-state index in [0.717, 1.165) is 30.3 Å². The van der Waals surface area contributed by atoms with Crippen LogP contribution in [-0.2, 0) is 0 Å². The standard InChI is InChI=1S/C15H22N2OS/c1-12-6-4-9-17(12)10-5-11-18-14-8-3-2-7-13(14)15(16)19/h2-3,7-8,12H,4-6,9-11H2,1H3,(H2,16,19). The van der Waals surface area contributed by atoms with E-state index in [9.17, 15) is 0 Å². The van der Waals surface area contributed by atoms with Crippen molar-refractivity contribution in [1.29, 1.82) is 0 Å². The molecule has 1 fully saturated rings. The molecule has 0 spiro atoms. The van der Waals surface area contributed by atoms with E-state index >= 15 is 0 Å². The first-order chi connectivity index (χ1) is 9.18. The van der Waals surface area contributed by atoms with Crippen LogP contribution in [0.3, 0.4) is 0 Å². The van der Waals surface area contributed by atoms with Crippen molar-refractivity contribution in [1.82, 2.24) is 4.90 Å². The summed E-state index contributed by atoms with van der Waals surface area (Å²) < 4.78 is 5.80. The molecule has 0 aromatic heterocycles. The van der Waals surface area contributed by atoms with Crippen molar-refractivity contribution < 1.29 is 4.74 Å². The third kappa shape index (κ3) is 3.91. The Kier molecular flexibility index (Phi) is 5.16. The average Bonchev–Trinajstić information content (AvgIpc) is 2.80. The number of rotatable bonds is 6. The third-order valence-electron chi connectivity index (χ3n) is 3.69. The van der Waals surface area contributed by atoms with Gasteiger partial charge in [-0.3, -0.25) is 0 Å². The van der Waals surface area contributed by atoms with Crippen LogP contribution >= 0.6 is 12.2 Å². The summed E-state index contributed by atoms with van der Waals surface area (Å²) in [6, 6.07) is 8.42. The highest BCUT2D eigenvalue weighted by atomic mass is 32.1. The van der Waals surface area contributed by atoms with Crippen molar-refractivity contribution in [2.24, 2.45) is 5.73 Å². The molecule has 19 heavy (non-hydrogen) atoms. The van der Waals surface area contributed by atoms with Crippen molar-refractivity contribution >= 4 is 17.2 Å². The van der Waals surface area contributed by atoms with Gasteiger partial charge in [-0.05, 0) is 44.9 Å². The Labute approximate surface area is 120 Å².